The summed E-state index contributed by atoms with van der Waals surface area (Å²) in [5.41, 5.74) is 0. The van der Waals surface area contributed by atoms with Crippen molar-refractivity contribution in [1.82, 2.24) is 10.2 Å². The van der Waals surface area contributed by atoms with Crippen LogP contribution in [0.25, 0.3) is 0 Å². The fraction of sp³-hybridized carbons (Fsp3) is 0.750. The lowest BCUT2D eigenvalue weighted by Crippen LogP contribution is -2.40. The molecule has 2 atom stereocenters. The number of thioether (sulfide) groups is 1. The summed E-state index contributed by atoms with van der Waals surface area (Å²) in [7, 11) is 0. The maximum absolute atomic E-state index is 11.3. The molecule has 2 aliphatic rings. The zero-order valence-electron chi connectivity index (χ0n) is 7.45. The minimum absolute atomic E-state index is 0.0790. The molecule has 0 aromatic rings. The van der Waals surface area contributed by atoms with Crippen LogP contribution in [0, 0.1) is 0 Å². The zero-order chi connectivity index (χ0) is 9.42. The molecule has 0 spiro atoms. The Bertz CT molecular complexity index is 241. The fourth-order valence-corrected chi connectivity index (χ4v) is 2.97. The van der Waals surface area contributed by atoms with Crippen molar-refractivity contribution in [3.63, 3.8) is 0 Å². The summed E-state index contributed by atoms with van der Waals surface area (Å²) in [6, 6.07) is -0.0975. The molecule has 4 nitrogen and oxygen atoms in total. The van der Waals surface area contributed by atoms with Crippen molar-refractivity contribution in [2.75, 3.05) is 12.3 Å². The number of hydrogen-bond donors (Lipinski definition) is 1. The molecular weight excluding hydrogens is 188 g/mol. The molecule has 2 unspecified atom stereocenters. The van der Waals surface area contributed by atoms with Crippen LogP contribution in [0.4, 0.5) is 4.79 Å². The molecule has 1 N–H and O–H groups in total. The standard InChI is InChI=1S/C8H12N2O2S/c1-5-2-6(4-13-5)10-7(11)3-9-8(10)12/h5-6H,2-4H2,1H3,(H,9,12). The van der Waals surface area contributed by atoms with Crippen molar-refractivity contribution in [2.24, 2.45) is 0 Å². The number of nitrogens with one attached hydrogen (secondary N) is 1. The predicted molar refractivity (Wildman–Crippen MR) is 50.6 cm³/mol. The summed E-state index contributed by atoms with van der Waals surface area (Å²) in [5.74, 6) is 0.810. The van der Waals surface area contributed by atoms with Crippen molar-refractivity contribution in [3.8, 4) is 0 Å². The Kier molecular flexibility index (Phi) is 2.19. The number of urea groups is 1. The molecule has 5 heteroatoms. The van der Waals surface area contributed by atoms with Crippen molar-refractivity contribution >= 4 is 23.7 Å². The van der Waals surface area contributed by atoms with Crippen LogP contribution < -0.4 is 5.32 Å². The van der Waals surface area contributed by atoms with Crippen LogP contribution >= 0.6 is 11.8 Å². The maximum Gasteiger partial charge on any atom is 0.324 e. The Morgan fingerprint density at radius 1 is 1.54 bits per heavy atom. The maximum atomic E-state index is 11.3. The molecule has 0 bridgehead atoms. The topological polar surface area (TPSA) is 49.4 Å². The normalized spacial score (nSPS) is 34.1. The lowest BCUT2D eigenvalue weighted by Gasteiger charge is -2.19. The first kappa shape index (κ1) is 8.87. The van der Waals surface area contributed by atoms with Crippen LogP contribution in [-0.4, -0.2) is 40.4 Å². The van der Waals surface area contributed by atoms with Gasteiger partial charge in [0.05, 0.1) is 12.6 Å². The van der Waals surface area contributed by atoms with Crippen LogP contribution in [0.2, 0.25) is 0 Å². The molecule has 2 fully saturated rings. The van der Waals surface area contributed by atoms with Crippen molar-refractivity contribution < 1.29 is 9.59 Å². The number of imide groups is 1. The third-order valence-corrected chi connectivity index (χ3v) is 3.76. The van der Waals surface area contributed by atoms with Gasteiger partial charge >= 0.3 is 6.03 Å². The molecule has 2 heterocycles. The van der Waals surface area contributed by atoms with Crippen LogP contribution in [0.3, 0.4) is 0 Å². The van der Waals surface area contributed by atoms with E-state index in [2.05, 4.69) is 12.2 Å². The number of carbonyl (C=O) groups excluding carboxylic acids is 2. The quantitative estimate of drug-likeness (QED) is 0.624. The van der Waals surface area contributed by atoms with Gasteiger partial charge in [-0.05, 0) is 6.42 Å². The van der Waals surface area contributed by atoms with Crippen molar-refractivity contribution in [3.05, 3.63) is 0 Å². The Morgan fingerprint density at radius 3 is 2.77 bits per heavy atom. The van der Waals surface area contributed by atoms with Crippen LogP contribution in [-0.2, 0) is 4.79 Å². The first-order valence-corrected chi connectivity index (χ1v) is 5.45. The van der Waals surface area contributed by atoms with Gasteiger partial charge in [0.2, 0.25) is 5.91 Å². The summed E-state index contributed by atoms with van der Waals surface area (Å²) in [4.78, 5) is 24.0. The van der Waals surface area contributed by atoms with Gasteiger partial charge in [0.25, 0.3) is 0 Å². The molecule has 0 aromatic heterocycles. The average molecular weight is 200 g/mol. The van der Waals surface area contributed by atoms with Gasteiger partial charge in [-0.1, -0.05) is 6.92 Å². The first-order valence-electron chi connectivity index (χ1n) is 4.40. The Balaban J connectivity index is 2.07. The van der Waals surface area contributed by atoms with Gasteiger partial charge in [-0.3, -0.25) is 9.69 Å². The largest absolute Gasteiger partial charge is 0.329 e. The molecule has 3 amide bonds. The molecule has 13 heavy (non-hydrogen) atoms. The van der Waals surface area contributed by atoms with Crippen LogP contribution in [0.1, 0.15) is 13.3 Å². The molecule has 2 rings (SSSR count). The summed E-state index contributed by atoms with van der Waals surface area (Å²) in [5, 5.41) is 3.10. The SMILES string of the molecule is CC1CC(N2C(=O)CNC2=O)CS1. The zero-order valence-corrected chi connectivity index (χ0v) is 8.26. The molecule has 2 saturated heterocycles. The third-order valence-electron chi connectivity index (χ3n) is 2.42. The molecule has 0 saturated carbocycles. The molecule has 2 aliphatic heterocycles. The van der Waals surface area contributed by atoms with Crippen LogP contribution in [0.15, 0.2) is 0 Å². The first-order chi connectivity index (χ1) is 6.18. The lowest BCUT2D eigenvalue weighted by molar-refractivity contribution is -0.126. The smallest absolute Gasteiger partial charge is 0.324 e. The number of amides is 3. The van der Waals surface area contributed by atoms with Gasteiger partial charge < -0.3 is 5.32 Å². The van der Waals surface area contributed by atoms with E-state index >= 15 is 0 Å². The second-order valence-electron chi connectivity index (χ2n) is 3.46. The van der Waals surface area contributed by atoms with Crippen LogP contribution in [0.5, 0.6) is 0 Å². The van der Waals surface area contributed by atoms with Gasteiger partial charge in [-0.15, -0.1) is 0 Å². The van der Waals surface area contributed by atoms with E-state index in [1.165, 1.54) is 4.90 Å². The Hall–Kier alpha value is -0.710. The van der Waals surface area contributed by atoms with Gasteiger partial charge in [-0.25, -0.2) is 4.79 Å². The number of carbonyl (C=O) groups is 2. The monoisotopic (exact) mass is 200 g/mol. The number of rotatable bonds is 1. The summed E-state index contributed by atoms with van der Waals surface area (Å²) >= 11 is 1.82. The molecular formula is C8H12N2O2S. The second kappa shape index (κ2) is 3.21. The lowest BCUT2D eigenvalue weighted by atomic mass is 10.2. The van der Waals surface area contributed by atoms with E-state index in [4.69, 9.17) is 0 Å². The molecule has 0 aliphatic carbocycles. The van der Waals surface area contributed by atoms with Gasteiger partial charge in [0.15, 0.2) is 0 Å². The molecule has 72 valence electrons. The highest BCUT2D eigenvalue weighted by Crippen LogP contribution is 2.30. The highest BCUT2D eigenvalue weighted by Gasteiger charge is 2.38. The van der Waals surface area contributed by atoms with Crippen molar-refractivity contribution in [2.45, 2.75) is 24.6 Å². The molecule has 0 aromatic carbocycles. The van der Waals surface area contributed by atoms with E-state index in [0.717, 1.165) is 12.2 Å². The Labute approximate surface area is 81.0 Å². The van der Waals surface area contributed by atoms with E-state index in [9.17, 15) is 9.59 Å². The van der Waals surface area contributed by atoms with E-state index in [-0.39, 0.29) is 24.5 Å². The third kappa shape index (κ3) is 1.52. The predicted octanol–water partition coefficient (Wildman–Crippen LogP) is 0.432. The van der Waals surface area contributed by atoms with E-state index in [0.29, 0.717) is 5.25 Å². The minimum atomic E-state index is -0.218. The molecule has 0 radical (unpaired) electrons. The number of nitrogens with zero attached hydrogens (tertiary/aromatic N) is 1. The summed E-state index contributed by atoms with van der Waals surface area (Å²) in [6.07, 6.45) is 0.934. The highest BCUT2D eigenvalue weighted by atomic mass is 32.2. The summed E-state index contributed by atoms with van der Waals surface area (Å²) < 4.78 is 0. The van der Waals surface area contributed by atoms with Gasteiger partial charge in [-0.2, -0.15) is 11.8 Å². The van der Waals surface area contributed by atoms with Crippen molar-refractivity contribution in [1.29, 1.82) is 0 Å². The average Bonchev–Trinajstić information content (AvgIpc) is 2.60. The van der Waals surface area contributed by atoms with Gasteiger partial charge in [0, 0.05) is 11.0 Å². The van der Waals surface area contributed by atoms with E-state index < -0.39 is 0 Å². The Morgan fingerprint density at radius 2 is 2.31 bits per heavy atom. The highest BCUT2D eigenvalue weighted by molar-refractivity contribution is 8.00. The van der Waals surface area contributed by atoms with Gasteiger partial charge in [0.1, 0.15) is 0 Å². The minimum Gasteiger partial charge on any atom is -0.329 e. The second-order valence-corrected chi connectivity index (χ2v) is 4.93. The fourth-order valence-electron chi connectivity index (χ4n) is 1.78. The van der Waals surface area contributed by atoms with E-state index in [1.54, 1.807) is 0 Å². The van der Waals surface area contributed by atoms with E-state index in [1.807, 2.05) is 11.8 Å². The summed E-state index contributed by atoms with van der Waals surface area (Å²) in [6.45, 7) is 2.30. The number of hydrogen-bond acceptors (Lipinski definition) is 3.